The Morgan fingerprint density at radius 2 is 2.27 bits per heavy atom. The highest BCUT2D eigenvalue weighted by atomic mass is 16.5. The average molecular weight is 199 g/mol. The molecule has 3 aromatic rings. The van der Waals surface area contributed by atoms with Gasteiger partial charge in [0.2, 0.25) is 0 Å². The Morgan fingerprint density at radius 1 is 1.33 bits per heavy atom. The second-order valence-corrected chi connectivity index (χ2v) is 3.30. The summed E-state index contributed by atoms with van der Waals surface area (Å²) in [6.07, 6.45) is 5.23. The summed E-state index contributed by atoms with van der Waals surface area (Å²) in [4.78, 5) is 11.5. The van der Waals surface area contributed by atoms with Gasteiger partial charge in [0.15, 0.2) is 0 Å². The van der Waals surface area contributed by atoms with Crippen LogP contribution in [0.25, 0.3) is 21.8 Å². The van der Waals surface area contributed by atoms with Crippen molar-refractivity contribution in [3.05, 3.63) is 30.9 Å². The molecule has 0 unspecified atom stereocenters. The number of methoxy groups -OCH3 is 1. The smallest absolute Gasteiger partial charge is 0.130 e. The van der Waals surface area contributed by atoms with Crippen molar-refractivity contribution in [3.8, 4) is 5.75 Å². The third kappa shape index (κ3) is 1.08. The third-order valence-electron chi connectivity index (χ3n) is 2.50. The van der Waals surface area contributed by atoms with Gasteiger partial charge in [-0.05, 0) is 6.07 Å². The minimum atomic E-state index is 0.831. The molecule has 0 aliphatic heterocycles. The van der Waals surface area contributed by atoms with Crippen molar-refractivity contribution in [2.45, 2.75) is 0 Å². The Labute approximate surface area is 85.9 Å². The number of benzene rings is 1. The minimum Gasteiger partial charge on any atom is -0.496 e. The summed E-state index contributed by atoms with van der Waals surface area (Å²) >= 11 is 0. The van der Waals surface area contributed by atoms with E-state index in [4.69, 9.17) is 4.74 Å². The fourth-order valence-corrected chi connectivity index (χ4v) is 1.80. The van der Waals surface area contributed by atoms with Crippen LogP contribution in [0.2, 0.25) is 0 Å². The summed E-state index contributed by atoms with van der Waals surface area (Å²) in [5, 5.41) is 2.03. The lowest BCUT2D eigenvalue weighted by Gasteiger charge is -2.04. The largest absolute Gasteiger partial charge is 0.496 e. The van der Waals surface area contributed by atoms with E-state index in [1.807, 2.05) is 12.1 Å². The molecule has 0 aliphatic carbocycles. The van der Waals surface area contributed by atoms with Crippen LogP contribution < -0.4 is 4.74 Å². The Bertz CT molecular complexity index is 630. The molecule has 0 radical (unpaired) electrons. The number of hydrogen-bond acceptors (Lipinski definition) is 3. The van der Waals surface area contributed by atoms with Crippen LogP contribution in [-0.2, 0) is 0 Å². The van der Waals surface area contributed by atoms with Gasteiger partial charge in [-0.25, -0.2) is 4.98 Å². The number of nitrogens with zero attached hydrogens (tertiary/aromatic N) is 2. The predicted octanol–water partition coefficient (Wildman–Crippen LogP) is 2.12. The van der Waals surface area contributed by atoms with Crippen LogP contribution in [-0.4, -0.2) is 22.1 Å². The number of H-pyrrole nitrogens is 1. The average Bonchev–Trinajstić information content (AvgIpc) is 2.77. The van der Waals surface area contributed by atoms with E-state index in [2.05, 4.69) is 15.0 Å². The zero-order valence-corrected chi connectivity index (χ0v) is 8.19. The molecule has 4 heteroatoms. The Hall–Kier alpha value is -2.10. The number of aromatic amines is 1. The molecule has 3 rings (SSSR count). The summed E-state index contributed by atoms with van der Waals surface area (Å²) < 4.78 is 5.31. The molecule has 2 heterocycles. The molecule has 0 amide bonds. The number of aromatic nitrogens is 3. The summed E-state index contributed by atoms with van der Waals surface area (Å²) in [7, 11) is 1.66. The van der Waals surface area contributed by atoms with Crippen LogP contribution in [0.15, 0.2) is 30.9 Å². The molecule has 1 N–H and O–H groups in total. The predicted molar refractivity (Wildman–Crippen MR) is 57.9 cm³/mol. The van der Waals surface area contributed by atoms with Crippen LogP contribution in [0, 0.1) is 0 Å². The Kier molecular flexibility index (Phi) is 1.62. The van der Waals surface area contributed by atoms with Crippen LogP contribution >= 0.6 is 0 Å². The number of hydrogen-bond donors (Lipinski definition) is 1. The van der Waals surface area contributed by atoms with E-state index in [-0.39, 0.29) is 0 Å². The molecular formula is C11H9N3O. The van der Waals surface area contributed by atoms with Crippen molar-refractivity contribution >= 4 is 21.8 Å². The molecule has 15 heavy (non-hydrogen) atoms. The summed E-state index contributed by atoms with van der Waals surface area (Å²) in [6, 6.07) is 3.90. The number of ether oxygens (including phenoxy) is 1. The molecule has 0 aliphatic rings. The van der Waals surface area contributed by atoms with Crippen molar-refractivity contribution in [3.63, 3.8) is 0 Å². The molecule has 0 fully saturated rings. The molecule has 1 aromatic carbocycles. The molecule has 0 bridgehead atoms. The van der Waals surface area contributed by atoms with E-state index in [1.54, 1.807) is 25.8 Å². The lowest BCUT2D eigenvalue weighted by atomic mass is 10.1. The molecule has 0 atom stereocenters. The van der Waals surface area contributed by atoms with Crippen molar-refractivity contribution in [1.82, 2.24) is 15.0 Å². The van der Waals surface area contributed by atoms with Gasteiger partial charge in [-0.3, -0.25) is 4.98 Å². The number of fused-ring (bicyclic) bond motifs is 3. The van der Waals surface area contributed by atoms with E-state index >= 15 is 0 Å². The third-order valence-corrected chi connectivity index (χ3v) is 2.50. The highest BCUT2D eigenvalue weighted by Gasteiger charge is 2.08. The van der Waals surface area contributed by atoms with Crippen molar-refractivity contribution < 1.29 is 4.74 Å². The topological polar surface area (TPSA) is 50.8 Å². The van der Waals surface area contributed by atoms with E-state index < -0.39 is 0 Å². The first-order chi connectivity index (χ1) is 7.40. The quantitative estimate of drug-likeness (QED) is 0.653. The van der Waals surface area contributed by atoms with Crippen molar-refractivity contribution in [2.24, 2.45) is 0 Å². The second-order valence-electron chi connectivity index (χ2n) is 3.30. The molecule has 2 aromatic heterocycles. The van der Waals surface area contributed by atoms with Crippen LogP contribution in [0.4, 0.5) is 0 Å². The van der Waals surface area contributed by atoms with Gasteiger partial charge in [-0.15, -0.1) is 0 Å². The van der Waals surface area contributed by atoms with E-state index in [1.165, 1.54) is 0 Å². The van der Waals surface area contributed by atoms with Gasteiger partial charge in [0.05, 0.1) is 24.5 Å². The lowest BCUT2D eigenvalue weighted by Crippen LogP contribution is -1.87. The maximum absolute atomic E-state index is 5.31. The molecule has 0 saturated heterocycles. The maximum atomic E-state index is 5.31. The Morgan fingerprint density at radius 3 is 3.13 bits per heavy atom. The first-order valence-corrected chi connectivity index (χ1v) is 4.64. The monoisotopic (exact) mass is 199 g/mol. The number of nitrogens with one attached hydrogen (secondary N) is 1. The fraction of sp³-hybridized carbons (Fsp3) is 0.0909. The molecular weight excluding hydrogens is 190 g/mol. The summed E-state index contributed by atoms with van der Waals surface area (Å²) in [5.74, 6) is 0.831. The summed E-state index contributed by atoms with van der Waals surface area (Å²) in [5.41, 5.74) is 1.90. The van der Waals surface area contributed by atoms with Gasteiger partial charge in [0, 0.05) is 29.2 Å². The fourth-order valence-electron chi connectivity index (χ4n) is 1.80. The van der Waals surface area contributed by atoms with Gasteiger partial charge in [0.25, 0.3) is 0 Å². The van der Waals surface area contributed by atoms with E-state index in [0.717, 1.165) is 27.6 Å². The Balaban J connectivity index is 2.57. The van der Waals surface area contributed by atoms with Crippen LogP contribution in [0.5, 0.6) is 5.75 Å². The van der Waals surface area contributed by atoms with E-state index in [0.29, 0.717) is 0 Å². The standard InChI is InChI=1S/C11H9N3O/c1-15-10-4-9-8(5-12-6-14-9)11-7(10)2-3-13-11/h2-6H,1H3,(H,12,14). The first-order valence-electron chi connectivity index (χ1n) is 4.64. The van der Waals surface area contributed by atoms with Gasteiger partial charge >= 0.3 is 0 Å². The SMILES string of the molecule is COc1cc2[nH]cncc2c2nccc12. The molecule has 74 valence electrons. The second kappa shape index (κ2) is 2.95. The van der Waals surface area contributed by atoms with Gasteiger partial charge < -0.3 is 9.72 Å². The molecule has 0 saturated carbocycles. The minimum absolute atomic E-state index is 0.831. The first kappa shape index (κ1) is 8.23. The van der Waals surface area contributed by atoms with E-state index in [9.17, 15) is 0 Å². The maximum Gasteiger partial charge on any atom is 0.130 e. The van der Waals surface area contributed by atoms with Crippen molar-refractivity contribution in [2.75, 3.05) is 7.11 Å². The molecule has 0 spiro atoms. The van der Waals surface area contributed by atoms with Crippen LogP contribution in [0.1, 0.15) is 0 Å². The molecule has 4 nitrogen and oxygen atoms in total. The summed E-state index contributed by atoms with van der Waals surface area (Å²) in [6.45, 7) is 0. The zero-order valence-electron chi connectivity index (χ0n) is 8.19. The highest BCUT2D eigenvalue weighted by Crippen LogP contribution is 2.30. The van der Waals surface area contributed by atoms with Gasteiger partial charge in [-0.2, -0.15) is 0 Å². The highest BCUT2D eigenvalue weighted by molar-refractivity contribution is 6.06. The normalized spacial score (nSPS) is 11.0. The van der Waals surface area contributed by atoms with Gasteiger partial charge in [0.1, 0.15) is 5.75 Å². The number of rotatable bonds is 1. The van der Waals surface area contributed by atoms with Crippen LogP contribution in [0.3, 0.4) is 0 Å². The lowest BCUT2D eigenvalue weighted by molar-refractivity contribution is 0.420. The zero-order chi connectivity index (χ0) is 10.3. The van der Waals surface area contributed by atoms with Crippen molar-refractivity contribution in [1.29, 1.82) is 0 Å². The van der Waals surface area contributed by atoms with Gasteiger partial charge in [-0.1, -0.05) is 0 Å².